The fourth-order valence-corrected chi connectivity index (χ4v) is 1.69. The second-order valence-corrected chi connectivity index (χ2v) is 4.37. The second-order valence-electron chi connectivity index (χ2n) is 4.37. The van der Waals surface area contributed by atoms with E-state index in [9.17, 15) is 14.0 Å². The fourth-order valence-electron chi connectivity index (χ4n) is 1.69. The normalized spacial score (nSPS) is 10.1. The van der Waals surface area contributed by atoms with E-state index in [2.05, 4.69) is 10.6 Å². The number of rotatable bonds is 8. The van der Waals surface area contributed by atoms with Crippen LogP contribution in [0, 0.1) is 5.82 Å². The van der Waals surface area contributed by atoms with Gasteiger partial charge >= 0.3 is 12.0 Å². The average Bonchev–Trinajstić information content (AvgIpc) is 2.41. The van der Waals surface area contributed by atoms with Crippen LogP contribution >= 0.6 is 0 Å². The topological polar surface area (TPSA) is 78.4 Å². The Morgan fingerprint density at radius 3 is 2.40 bits per heavy atom. The standard InChI is InChI=1S/C14H19FN2O3/c15-12-7-2-1-5-11(12)6-3-9-16-14(20)17-10-4-8-13(18)19/h1-2,5,7H,3-4,6,8-10H2,(H,18,19)(H2,16,17,20). The molecule has 0 fully saturated rings. The third kappa shape index (κ3) is 6.72. The SMILES string of the molecule is O=C(O)CCCNC(=O)NCCCc1ccccc1F. The maximum absolute atomic E-state index is 13.3. The van der Waals surface area contributed by atoms with Crippen LogP contribution in [0.3, 0.4) is 0 Å². The molecule has 1 aromatic carbocycles. The first kappa shape index (κ1) is 15.9. The van der Waals surface area contributed by atoms with Gasteiger partial charge in [-0.25, -0.2) is 9.18 Å². The average molecular weight is 282 g/mol. The van der Waals surface area contributed by atoms with Crippen molar-refractivity contribution in [2.75, 3.05) is 13.1 Å². The van der Waals surface area contributed by atoms with E-state index in [0.29, 0.717) is 37.9 Å². The molecule has 5 nitrogen and oxygen atoms in total. The Balaban J connectivity index is 2.07. The first-order valence-corrected chi connectivity index (χ1v) is 6.56. The highest BCUT2D eigenvalue weighted by Gasteiger charge is 2.02. The molecule has 0 aromatic heterocycles. The van der Waals surface area contributed by atoms with Crippen LogP contribution in [0.25, 0.3) is 0 Å². The monoisotopic (exact) mass is 282 g/mol. The van der Waals surface area contributed by atoms with E-state index < -0.39 is 5.97 Å². The van der Waals surface area contributed by atoms with Crippen molar-refractivity contribution in [3.8, 4) is 0 Å². The lowest BCUT2D eigenvalue weighted by Crippen LogP contribution is -2.36. The molecule has 0 bridgehead atoms. The van der Waals surface area contributed by atoms with E-state index in [0.717, 1.165) is 0 Å². The van der Waals surface area contributed by atoms with Crippen molar-refractivity contribution in [1.29, 1.82) is 0 Å². The Bertz CT molecular complexity index is 452. The summed E-state index contributed by atoms with van der Waals surface area (Å²) in [5.74, 6) is -1.11. The number of aliphatic carboxylic acids is 1. The van der Waals surface area contributed by atoms with Gasteiger partial charge in [-0.3, -0.25) is 4.79 Å². The van der Waals surface area contributed by atoms with Crippen LogP contribution in [-0.2, 0) is 11.2 Å². The van der Waals surface area contributed by atoms with Gasteiger partial charge in [0.2, 0.25) is 0 Å². The molecule has 3 N–H and O–H groups in total. The number of carbonyl (C=O) groups excluding carboxylic acids is 1. The van der Waals surface area contributed by atoms with Gasteiger partial charge in [-0.05, 0) is 30.9 Å². The highest BCUT2D eigenvalue weighted by atomic mass is 19.1. The summed E-state index contributed by atoms with van der Waals surface area (Å²) in [6.07, 6.45) is 1.64. The van der Waals surface area contributed by atoms with Gasteiger partial charge in [0.1, 0.15) is 5.82 Å². The number of hydrogen-bond donors (Lipinski definition) is 3. The molecule has 0 saturated carbocycles. The number of carboxylic acid groups (broad SMARTS) is 1. The number of hydrogen-bond acceptors (Lipinski definition) is 2. The number of nitrogens with one attached hydrogen (secondary N) is 2. The molecule has 0 aliphatic rings. The lowest BCUT2D eigenvalue weighted by molar-refractivity contribution is -0.137. The molecule has 0 heterocycles. The highest BCUT2D eigenvalue weighted by Crippen LogP contribution is 2.08. The predicted octanol–water partition coefficient (Wildman–Crippen LogP) is 1.92. The fraction of sp³-hybridized carbons (Fsp3) is 0.429. The summed E-state index contributed by atoms with van der Waals surface area (Å²) in [6.45, 7) is 0.768. The molecule has 0 unspecified atom stereocenters. The minimum atomic E-state index is -0.878. The maximum atomic E-state index is 13.3. The quantitative estimate of drug-likeness (QED) is 0.637. The zero-order chi connectivity index (χ0) is 14.8. The van der Waals surface area contributed by atoms with Gasteiger partial charge in [-0.15, -0.1) is 0 Å². The van der Waals surface area contributed by atoms with Crippen molar-refractivity contribution in [1.82, 2.24) is 10.6 Å². The zero-order valence-corrected chi connectivity index (χ0v) is 11.2. The van der Waals surface area contributed by atoms with Gasteiger partial charge in [0.25, 0.3) is 0 Å². The van der Waals surface area contributed by atoms with Gasteiger partial charge in [0.15, 0.2) is 0 Å². The summed E-state index contributed by atoms with van der Waals surface area (Å²) in [6, 6.07) is 6.23. The molecule has 0 spiro atoms. The summed E-state index contributed by atoms with van der Waals surface area (Å²) in [7, 11) is 0. The molecule has 0 radical (unpaired) electrons. The Labute approximate surface area is 117 Å². The van der Waals surface area contributed by atoms with Gasteiger partial charge in [0, 0.05) is 19.5 Å². The van der Waals surface area contributed by atoms with Crippen LogP contribution in [0.4, 0.5) is 9.18 Å². The summed E-state index contributed by atoms with van der Waals surface area (Å²) < 4.78 is 13.3. The Hall–Kier alpha value is -2.11. The lowest BCUT2D eigenvalue weighted by atomic mass is 10.1. The molecule has 0 aliphatic heterocycles. The van der Waals surface area contributed by atoms with Crippen LogP contribution in [-0.4, -0.2) is 30.2 Å². The Kier molecular flexibility index (Phi) is 7.10. The molecule has 2 amide bonds. The number of aryl methyl sites for hydroxylation is 1. The molecule has 6 heteroatoms. The molecule has 20 heavy (non-hydrogen) atoms. The second kappa shape index (κ2) is 8.90. The van der Waals surface area contributed by atoms with Crippen LogP contribution in [0.5, 0.6) is 0 Å². The number of amides is 2. The largest absolute Gasteiger partial charge is 0.481 e. The van der Waals surface area contributed by atoms with E-state index in [4.69, 9.17) is 5.11 Å². The van der Waals surface area contributed by atoms with Crippen molar-refractivity contribution in [2.24, 2.45) is 0 Å². The van der Waals surface area contributed by atoms with Crippen LogP contribution in [0.15, 0.2) is 24.3 Å². The predicted molar refractivity (Wildman–Crippen MR) is 73.0 cm³/mol. The van der Waals surface area contributed by atoms with Gasteiger partial charge < -0.3 is 15.7 Å². The highest BCUT2D eigenvalue weighted by molar-refractivity contribution is 5.73. The molecule has 1 aromatic rings. The third-order valence-electron chi connectivity index (χ3n) is 2.72. The zero-order valence-electron chi connectivity index (χ0n) is 11.2. The van der Waals surface area contributed by atoms with Crippen LogP contribution < -0.4 is 10.6 Å². The first-order valence-electron chi connectivity index (χ1n) is 6.56. The summed E-state index contributed by atoms with van der Waals surface area (Å²) >= 11 is 0. The van der Waals surface area contributed by atoms with E-state index in [-0.39, 0.29) is 18.3 Å². The Morgan fingerprint density at radius 1 is 1.10 bits per heavy atom. The van der Waals surface area contributed by atoms with Crippen molar-refractivity contribution in [3.63, 3.8) is 0 Å². The summed E-state index contributed by atoms with van der Waals surface area (Å²) in [5, 5.41) is 13.6. The molecule has 110 valence electrons. The van der Waals surface area contributed by atoms with E-state index in [1.54, 1.807) is 18.2 Å². The first-order chi connectivity index (χ1) is 9.59. The number of benzene rings is 1. The molecule has 0 atom stereocenters. The van der Waals surface area contributed by atoms with Crippen LogP contribution in [0.2, 0.25) is 0 Å². The van der Waals surface area contributed by atoms with Gasteiger partial charge in [-0.1, -0.05) is 18.2 Å². The minimum Gasteiger partial charge on any atom is -0.481 e. The Morgan fingerprint density at radius 2 is 1.75 bits per heavy atom. The lowest BCUT2D eigenvalue weighted by Gasteiger charge is -2.07. The molecular weight excluding hydrogens is 263 g/mol. The smallest absolute Gasteiger partial charge is 0.314 e. The number of carbonyl (C=O) groups is 2. The van der Waals surface area contributed by atoms with Crippen molar-refractivity contribution >= 4 is 12.0 Å². The summed E-state index contributed by atoms with van der Waals surface area (Å²) in [5.41, 5.74) is 0.635. The molecule has 0 saturated heterocycles. The van der Waals surface area contributed by atoms with E-state index >= 15 is 0 Å². The molecule has 1 rings (SSSR count). The van der Waals surface area contributed by atoms with Crippen molar-refractivity contribution < 1.29 is 19.1 Å². The minimum absolute atomic E-state index is 0.0353. The van der Waals surface area contributed by atoms with Gasteiger partial charge in [0.05, 0.1) is 0 Å². The number of urea groups is 1. The van der Waals surface area contributed by atoms with E-state index in [1.165, 1.54) is 6.07 Å². The van der Waals surface area contributed by atoms with Crippen molar-refractivity contribution in [3.05, 3.63) is 35.6 Å². The number of carboxylic acids is 1. The third-order valence-corrected chi connectivity index (χ3v) is 2.72. The van der Waals surface area contributed by atoms with E-state index in [1.807, 2.05) is 0 Å². The molecule has 0 aliphatic carbocycles. The maximum Gasteiger partial charge on any atom is 0.314 e. The number of halogens is 1. The van der Waals surface area contributed by atoms with Crippen LogP contribution in [0.1, 0.15) is 24.8 Å². The van der Waals surface area contributed by atoms with Gasteiger partial charge in [-0.2, -0.15) is 0 Å². The summed E-state index contributed by atoms with van der Waals surface area (Å²) in [4.78, 5) is 21.6. The molecular formula is C14H19FN2O3. The van der Waals surface area contributed by atoms with Crippen molar-refractivity contribution in [2.45, 2.75) is 25.7 Å².